The normalized spacial score (nSPS) is 10.7. The Morgan fingerprint density at radius 1 is 0.689 bits per heavy atom. The van der Waals surface area contributed by atoms with Crippen molar-refractivity contribution in [2.45, 2.75) is 48.5 Å². The van der Waals surface area contributed by atoms with Crippen LogP contribution in [0.15, 0.2) is 93.8 Å². The number of para-hydroxylation sites is 4. The van der Waals surface area contributed by atoms with Gasteiger partial charge in [0.05, 0.1) is 18.5 Å². The molecule has 0 atom stereocenters. The average Bonchev–Trinajstić information content (AvgIpc) is 2.97. The van der Waals surface area contributed by atoms with Crippen molar-refractivity contribution in [1.29, 1.82) is 0 Å². The SMILES string of the molecule is CC(=Nc1c(C)cccc1C)C([C-]=Nc1c(C)cccc1C)=Nc1c(C)cccc1C.COc1[c-]cccc1.[Br][Co][Br].[CH3+].[CH3-].[Pd]. The first-order chi connectivity index (χ1) is 20.1. The van der Waals surface area contributed by atoms with Gasteiger partial charge in [0.2, 0.25) is 0 Å². The monoisotopic (exact) mass is 868 g/mol. The van der Waals surface area contributed by atoms with E-state index in [-0.39, 0.29) is 35.3 Å². The molecule has 4 rings (SSSR count). The second-order valence-corrected chi connectivity index (χ2v) is 14.8. The van der Waals surface area contributed by atoms with E-state index in [9.17, 15) is 0 Å². The van der Waals surface area contributed by atoms with Crippen molar-refractivity contribution >= 4 is 63.0 Å². The van der Waals surface area contributed by atoms with Crippen molar-refractivity contribution in [3.63, 3.8) is 0 Å². The molecule has 0 aliphatic rings. The van der Waals surface area contributed by atoms with Crippen LogP contribution in [0.5, 0.6) is 5.75 Å². The molecule has 0 fully saturated rings. The van der Waals surface area contributed by atoms with Gasteiger partial charge in [0.1, 0.15) is 0 Å². The second kappa shape index (κ2) is 23.9. The quantitative estimate of drug-likeness (QED) is 0.108. The van der Waals surface area contributed by atoms with E-state index >= 15 is 0 Å². The third-order valence-corrected chi connectivity index (χ3v) is 6.34. The van der Waals surface area contributed by atoms with E-state index in [1.165, 1.54) is 0 Å². The maximum atomic E-state index is 4.97. The number of nitrogens with zero attached hydrogens (tertiary/aromatic N) is 3. The van der Waals surface area contributed by atoms with Gasteiger partial charge in [0.15, 0.2) is 0 Å². The molecule has 247 valence electrons. The number of hydrogen-bond donors (Lipinski definition) is 0. The number of aryl methyl sites for hydroxylation is 6. The number of halogens is 2. The van der Waals surface area contributed by atoms with Gasteiger partial charge in [-0.15, -0.1) is 12.1 Å². The number of hydrogen-bond acceptors (Lipinski definition) is 4. The largest absolute Gasteiger partial charge is 0.358 e. The van der Waals surface area contributed by atoms with E-state index in [4.69, 9.17) is 19.7 Å². The van der Waals surface area contributed by atoms with Gasteiger partial charge < -0.3 is 22.1 Å². The third-order valence-electron chi connectivity index (χ3n) is 6.34. The summed E-state index contributed by atoms with van der Waals surface area (Å²) in [6, 6.07) is 29.0. The predicted molar refractivity (Wildman–Crippen MR) is 197 cm³/mol. The standard InChI is InChI=1S/C28H30N3.C7H7O.2CH3.2BrH.Co.Pd/c1-18-11-8-12-19(2)26(18)29-17-25(31-28-22(5)15-10-16-23(28)6)24(7)30-27-20(3)13-9-14-21(27)4;1-8-7-5-3-2-4-6-7;;;;;;/h8-16H,1-7H3;2-5H,1H3;2*1H3;2*1H;;/q3*-1;+1;;;+2;/p-2. The van der Waals surface area contributed by atoms with Crippen LogP contribution < -0.4 is 4.74 Å². The van der Waals surface area contributed by atoms with Crippen molar-refractivity contribution in [3.8, 4) is 5.75 Å². The van der Waals surface area contributed by atoms with Crippen LogP contribution in [0.3, 0.4) is 0 Å². The van der Waals surface area contributed by atoms with Gasteiger partial charge in [-0.05, 0) is 80.9 Å². The Bertz CT molecular complexity index is 1480. The van der Waals surface area contributed by atoms with E-state index in [0.717, 1.165) is 73.0 Å². The second-order valence-electron chi connectivity index (χ2n) is 9.58. The Balaban J connectivity index is 0. The molecule has 4 aromatic carbocycles. The van der Waals surface area contributed by atoms with Crippen LogP contribution in [-0.4, -0.2) is 24.7 Å². The molecule has 0 spiro atoms. The summed E-state index contributed by atoms with van der Waals surface area (Å²) in [6.45, 7) is 14.4. The van der Waals surface area contributed by atoms with Crippen LogP contribution in [-0.2, 0) is 31.5 Å². The smallest absolute Gasteiger partial charge is 0.0467 e. The fraction of sp³-hybridized carbons (Fsp3) is 0.216. The van der Waals surface area contributed by atoms with Gasteiger partial charge in [-0.2, -0.15) is 18.2 Å². The summed E-state index contributed by atoms with van der Waals surface area (Å²) in [6.07, 6.45) is 3.22. The molecule has 8 heteroatoms. The van der Waals surface area contributed by atoms with Gasteiger partial charge in [-0.25, -0.2) is 0 Å². The van der Waals surface area contributed by atoms with Gasteiger partial charge in [-0.1, -0.05) is 78.9 Å². The molecule has 45 heavy (non-hydrogen) atoms. The van der Waals surface area contributed by atoms with E-state index in [2.05, 4.69) is 131 Å². The molecule has 0 aliphatic carbocycles. The summed E-state index contributed by atoms with van der Waals surface area (Å²) >= 11 is 7.12. The van der Waals surface area contributed by atoms with Gasteiger partial charge in [0.25, 0.3) is 0 Å². The molecule has 4 nitrogen and oxygen atoms in total. The molecular formula is C37H43Br2CoN3OPd-2. The van der Waals surface area contributed by atoms with Crippen molar-refractivity contribution in [2.24, 2.45) is 15.0 Å². The average molecular weight is 871 g/mol. The first-order valence-electron chi connectivity index (χ1n) is 13.3. The van der Waals surface area contributed by atoms with Gasteiger partial charge in [0, 0.05) is 33.6 Å². The number of ether oxygens (including phenoxy) is 1. The van der Waals surface area contributed by atoms with Crippen LogP contribution in [0, 0.1) is 62.5 Å². The van der Waals surface area contributed by atoms with Gasteiger partial charge in [-0.3, -0.25) is 4.99 Å². The van der Waals surface area contributed by atoms with Crippen LogP contribution in [0.1, 0.15) is 40.3 Å². The summed E-state index contributed by atoms with van der Waals surface area (Å²) in [4.78, 5) is 14.6. The molecule has 0 saturated heterocycles. The number of rotatable bonds is 6. The summed E-state index contributed by atoms with van der Waals surface area (Å²) in [5, 5.41) is 0. The summed E-state index contributed by atoms with van der Waals surface area (Å²) < 4.78 is 4.86. The van der Waals surface area contributed by atoms with E-state index in [1.54, 1.807) is 7.11 Å². The first kappa shape index (κ1) is 44.8. The predicted octanol–water partition coefficient (Wildman–Crippen LogP) is 11.8. The van der Waals surface area contributed by atoms with E-state index in [0.29, 0.717) is 5.71 Å². The number of aliphatic imine (C=N–C) groups is 3. The maximum absolute atomic E-state index is 4.97. The minimum Gasteiger partial charge on any atom is -0.358 e. The fourth-order valence-corrected chi connectivity index (χ4v) is 4.08. The van der Waals surface area contributed by atoms with E-state index < -0.39 is 0 Å². The fourth-order valence-electron chi connectivity index (χ4n) is 4.08. The Labute approximate surface area is 306 Å². The summed E-state index contributed by atoms with van der Waals surface area (Å²) in [5.41, 5.74) is 11.0. The van der Waals surface area contributed by atoms with Gasteiger partial charge >= 0.3 is 39.5 Å². The van der Waals surface area contributed by atoms with Crippen LogP contribution in [0.4, 0.5) is 17.1 Å². The molecule has 0 bridgehead atoms. The topological polar surface area (TPSA) is 46.3 Å². The summed E-state index contributed by atoms with van der Waals surface area (Å²) in [5.74, 6) is 0.785. The van der Waals surface area contributed by atoms with Crippen LogP contribution in [0.25, 0.3) is 0 Å². The maximum Gasteiger partial charge on any atom is 0.0467 e. The van der Waals surface area contributed by atoms with Crippen molar-refractivity contribution in [3.05, 3.63) is 133 Å². The Morgan fingerprint density at radius 3 is 1.44 bits per heavy atom. The zero-order valence-electron chi connectivity index (χ0n) is 27.7. The molecule has 0 aliphatic heterocycles. The molecule has 0 radical (unpaired) electrons. The molecule has 0 saturated carbocycles. The third kappa shape index (κ3) is 14.8. The van der Waals surface area contributed by atoms with Crippen molar-refractivity contribution < 1.29 is 36.3 Å². The zero-order chi connectivity index (χ0) is 31.1. The Morgan fingerprint density at radius 2 is 1.09 bits per heavy atom. The molecule has 4 aromatic rings. The Kier molecular flexibility index (Phi) is 23.8. The van der Waals surface area contributed by atoms with E-state index in [1.807, 2.05) is 37.3 Å². The van der Waals surface area contributed by atoms with Crippen molar-refractivity contribution in [1.82, 2.24) is 0 Å². The molecular weight excluding hydrogens is 828 g/mol. The first-order valence-corrected chi connectivity index (χ1v) is 18.4. The van der Waals surface area contributed by atoms with Crippen molar-refractivity contribution in [2.75, 3.05) is 7.11 Å². The molecule has 0 aromatic heterocycles. The van der Waals surface area contributed by atoms with Crippen LogP contribution >= 0.6 is 28.3 Å². The molecule has 0 N–H and O–H groups in total. The van der Waals surface area contributed by atoms with Crippen LogP contribution in [0.2, 0.25) is 0 Å². The molecule has 0 amide bonds. The number of methoxy groups -OCH3 is 1. The minimum absolute atomic E-state index is 0. The number of benzene rings is 4. The Hall–Kier alpha value is -2.31. The zero-order valence-corrected chi connectivity index (χ0v) is 33.4. The summed E-state index contributed by atoms with van der Waals surface area (Å²) in [7, 11) is 1.63. The molecule has 0 unspecified atom stereocenters. The minimum atomic E-state index is 0. The molecule has 0 heterocycles.